The minimum atomic E-state index is -0.622. The van der Waals surface area contributed by atoms with E-state index >= 15 is 0 Å². The van der Waals surface area contributed by atoms with E-state index in [1.807, 2.05) is 0 Å². The third-order valence-electron chi connectivity index (χ3n) is 2.11. The van der Waals surface area contributed by atoms with Crippen molar-refractivity contribution in [2.75, 3.05) is 6.61 Å². The van der Waals surface area contributed by atoms with Crippen LogP contribution >= 0.6 is 0 Å². The largest absolute Gasteiger partial charge is 0.491 e. The Balaban J connectivity index is 2.52. The van der Waals surface area contributed by atoms with Crippen LogP contribution in [0.3, 0.4) is 0 Å². The maximum atomic E-state index is 13.0. The first-order valence-corrected chi connectivity index (χ1v) is 4.16. The van der Waals surface area contributed by atoms with Crippen molar-refractivity contribution in [3.05, 3.63) is 23.3 Å². The van der Waals surface area contributed by atoms with Crippen molar-refractivity contribution < 1.29 is 14.2 Å². The van der Waals surface area contributed by atoms with Crippen molar-refractivity contribution >= 4 is 0 Å². The molecule has 1 aliphatic heterocycles. The summed E-state index contributed by atoms with van der Waals surface area (Å²) in [7, 11) is 0. The number of aliphatic hydroxyl groups excluding tert-OH is 1. The molecule has 1 aromatic rings. The standard InChI is InChI=1S/C9H10FNO2/c1-5-6(10)4-8-9(11-5)7(12)2-3-13-8/h4,7,12H,2-3H2,1H3. The first kappa shape index (κ1) is 8.44. The number of hydrogen-bond donors (Lipinski definition) is 1. The van der Waals surface area contributed by atoms with E-state index in [0.717, 1.165) is 0 Å². The number of nitrogens with zero attached hydrogens (tertiary/aromatic N) is 1. The molecule has 0 fully saturated rings. The Bertz CT molecular complexity index is 341. The fourth-order valence-corrected chi connectivity index (χ4v) is 1.35. The highest BCUT2D eigenvalue weighted by Crippen LogP contribution is 2.31. The minimum absolute atomic E-state index is 0.295. The topological polar surface area (TPSA) is 42.4 Å². The molecule has 4 heteroatoms. The molecule has 0 aromatic carbocycles. The van der Waals surface area contributed by atoms with E-state index in [1.165, 1.54) is 6.07 Å². The zero-order valence-corrected chi connectivity index (χ0v) is 7.25. The molecule has 0 aliphatic carbocycles. The molecular formula is C9H10FNO2. The highest BCUT2D eigenvalue weighted by atomic mass is 19.1. The Morgan fingerprint density at radius 1 is 1.69 bits per heavy atom. The molecule has 1 N–H and O–H groups in total. The van der Waals surface area contributed by atoms with Gasteiger partial charge in [-0.1, -0.05) is 0 Å². The smallest absolute Gasteiger partial charge is 0.148 e. The summed E-state index contributed by atoms with van der Waals surface area (Å²) in [4.78, 5) is 3.94. The molecule has 0 saturated carbocycles. The van der Waals surface area contributed by atoms with Crippen molar-refractivity contribution in [3.63, 3.8) is 0 Å². The summed E-state index contributed by atoms with van der Waals surface area (Å²) in [5.41, 5.74) is 0.744. The zero-order chi connectivity index (χ0) is 9.42. The summed E-state index contributed by atoms with van der Waals surface area (Å²) in [6.45, 7) is 1.98. The molecule has 0 spiro atoms. The van der Waals surface area contributed by atoms with Crippen LogP contribution in [0.2, 0.25) is 0 Å². The second-order valence-electron chi connectivity index (χ2n) is 3.09. The van der Waals surface area contributed by atoms with E-state index in [-0.39, 0.29) is 0 Å². The summed E-state index contributed by atoms with van der Waals surface area (Å²) < 4.78 is 18.2. The highest BCUT2D eigenvalue weighted by Gasteiger charge is 2.22. The van der Waals surface area contributed by atoms with Gasteiger partial charge in [-0.05, 0) is 6.92 Å². The fraction of sp³-hybridized carbons (Fsp3) is 0.444. The zero-order valence-electron chi connectivity index (χ0n) is 7.25. The van der Waals surface area contributed by atoms with Crippen LogP contribution < -0.4 is 4.74 Å². The Morgan fingerprint density at radius 3 is 3.23 bits per heavy atom. The molecule has 0 amide bonds. The average molecular weight is 183 g/mol. The first-order valence-electron chi connectivity index (χ1n) is 4.16. The van der Waals surface area contributed by atoms with Crippen LogP contribution in [-0.2, 0) is 0 Å². The van der Waals surface area contributed by atoms with Gasteiger partial charge in [0.1, 0.15) is 23.4 Å². The number of rotatable bonds is 0. The van der Waals surface area contributed by atoms with Crippen molar-refractivity contribution in [2.24, 2.45) is 0 Å². The summed E-state index contributed by atoms with van der Waals surface area (Å²) in [5.74, 6) is -0.0327. The number of hydrogen-bond acceptors (Lipinski definition) is 3. The number of fused-ring (bicyclic) bond motifs is 1. The number of aliphatic hydroxyl groups is 1. The molecular weight excluding hydrogens is 173 g/mol. The lowest BCUT2D eigenvalue weighted by atomic mass is 10.1. The van der Waals surface area contributed by atoms with Gasteiger partial charge in [0.15, 0.2) is 0 Å². The minimum Gasteiger partial charge on any atom is -0.491 e. The lowest BCUT2D eigenvalue weighted by Gasteiger charge is -2.21. The van der Waals surface area contributed by atoms with E-state index in [4.69, 9.17) is 4.74 Å². The normalized spacial score (nSPS) is 20.7. The lowest BCUT2D eigenvalue weighted by Crippen LogP contribution is -2.16. The predicted octanol–water partition coefficient (Wildman–Crippen LogP) is 1.35. The summed E-state index contributed by atoms with van der Waals surface area (Å²) >= 11 is 0. The second-order valence-corrected chi connectivity index (χ2v) is 3.09. The van der Waals surface area contributed by atoms with Crippen molar-refractivity contribution in [1.82, 2.24) is 4.98 Å². The summed E-state index contributed by atoms with van der Waals surface area (Å²) in [6.07, 6.45) is -0.103. The van der Waals surface area contributed by atoms with Crippen molar-refractivity contribution in [1.29, 1.82) is 0 Å². The van der Waals surface area contributed by atoms with Crippen LogP contribution in [-0.4, -0.2) is 16.7 Å². The molecule has 2 heterocycles. The van der Waals surface area contributed by atoms with Crippen LogP contribution in [0.4, 0.5) is 4.39 Å². The molecule has 70 valence electrons. The Morgan fingerprint density at radius 2 is 2.46 bits per heavy atom. The van der Waals surface area contributed by atoms with Gasteiger partial charge in [-0.15, -0.1) is 0 Å². The van der Waals surface area contributed by atoms with E-state index in [0.29, 0.717) is 30.2 Å². The number of aromatic nitrogens is 1. The molecule has 1 aromatic heterocycles. The monoisotopic (exact) mass is 183 g/mol. The van der Waals surface area contributed by atoms with E-state index in [2.05, 4.69) is 4.98 Å². The Kier molecular flexibility index (Phi) is 1.92. The van der Waals surface area contributed by atoms with Crippen LogP contribution in [0.5, 0.6) is 5.75 Å². The van der Waals surface area contributed by atoms with E-state index in [9.17, 15) is 9.50 Å². The van der Waals surface area contributed by atoms with Crippen molar-refractivity contribution in [3.8, 4) is 5.75 Å². The Hall–Kier alpha value is -1.16. The van der Waals surface area contributed by atoms with Crippen LogP contribution in [0.25, 0.3) is 0 Å². The maximum Gasteiger partial charge on any atom is 0.148 e. The van der Waals surface area contributed by atoms with Gasteiger partial charge < -0.3 is 9.84 Å². The molecule has 3 nitrogen and oxygen atoms in total. The van der Waals surface area contributed by atoms with Gasteiger partial charge >= 0.3 is 0 Å². The second kappa shape index (κ2) is 2.96. The first-order chi connectivity index (χ1) is 6.18. The lowest BCUT2D eigenvalue weighted by molar-refractivity contribution is 0.109. The third kappa shape index (κ3) is 1.37. The van der Waals surface area contributed by atoms with Crippen LogP contribution in [0.15, 0.2) is 6.07 Å². The highest BCUT2D eigenvalue weighted by molar-refractivity contribution is 5.33. The molecule has 1 aliphatic rings. The average Bonchev–Trinajstić information content (AvgIpc) is 2.09. The molecule has 13 heavy (non-hydrogen) atoms. The van der Waals surface area contributed by atoms with Gasteiger partial charge in [0, 0.05) is 12.5 Å². The van der Waals surface area contributed by atoms with Gasteiger partial charge in [-0.2, -0.15) is 0 Å². The molecule has 0 bridgehead atoms. The van der Waals surface area contributed by atoms with Gasteiger partial charge in [0.25, 0.3) is 0 Å². The van der Waals surface area contributed by atoms with Crippen LogP contribution in [0.1, 0.15) is 23.9 Å². The number of ether oxygens (including phenoxy) is 1. The SMILES string of the molecule is Cc1nc2c(cc1F)OCCC2O. The fourth-order valence-electron chi connectivity index (χ4n) is 1.35. The quantitative estimate of drug-likeness (QED) is 0.660. The van der Waals surface area contributed by atoms with Gasteiger partial charge in [-0.3, -0.25) is 0 Å². The van der Waals surface area contributed by atoms with Crippen molar-refractivity contribution in [2.45, 2.75) is 19.4 Å². The van der Waals surface area contributed by atoms with E-state index in [1.54, 1.807) is 6.92 Å². The number of pyridine rings is 1. The van der Waals surface area contributed by atoms with Gasteiger partial charge in [0.2, 0.25) is 0 Å². The summed E-state index contributed by atoms with van der Waals surface area (Å²) in [6, 6.07) is 1.28. The van der Waals surface area contributed by atoms with Crippen LogP contribution in [0, 0.1) is 12.7 Å². The van der Waals surface area contributed by atoms with Gasteiger partial charge in [-0.25, -0.2) is 9.37 Å². The predicted molar refractivity (Wildman–Crippen MR) is 44.0 cm³/mol. The molecule has 0 saturated heterocycles. The van der Waals surface area contributed by atoms with Gasteiger partial charge in [0.05, 0.1) is 12.3 Å². The molecule has 0 radical (unpaired) electrons. The molecule has 1 unspecified atom stereocenters. The number of halogens is 1. The molecule has 1 atom stereocenters. The summed E-state index contributed by atoms with van der Waals surface area (Å²) in [5, 5.41) is 9.51. The van der Waals surface area contributed by atoms with E-state index < -0.39 is 11.9 Å². The Labute approximate surface area is 75.2 Å². The number of aryl methyl sites for hydroxylation is 1. The maximum absolute atomic E-state index is 13.0. The molecule has 2 rings (SSSR count). The third-order valence-corrected chi connectivity index (χ3v) is 2.11.